The third-order valence-corrected chi connectivity index (χ3v) is 3.05. The van der Waals surface area contributed by atoms with Gasteiger partial charge in [0, 0.05) is 12.1 Å². The third kappa shape index (κ3) is 3.22. The minimum absolute atomic E-state index is 0.105. The van der Waals surface area contributed by atoms with Gasteiger partial charge in [-0.05, 0) is 37.1 Å². The molecule has 0 radical (unpaired) electrons. The van der Waals surface area contributed by atoms with Crippen LogP contribution in [0, 0.1) is 29.8 Å². The Morgan fingerprint density at radius 1 is 1.19 bits per heavy atom. The van der Waals surface area contributed by atoms with E-state index < -0.39 is 16.6 Å². The predicted octanol–water partition coefficient (Wildman–Crippen LogP) is 3.60. The van der Waals surface area contributed by atoms with Crippen LogP contribution in [0.3, 0.4) is 0 Å². The summed E-state index contributed by atoms with van der Waals surface area (Å²) < 4.78 is 13.7. The van der Waals surface area contributed by atoms with Gasteiger partial charge in [-0.15, -0.1) is 0 Å². The molecule has 0 aliphatic carbocycles. The molecule has 5 nitrogen and oxygen atoms in total. The second-order valence-electron chi connectivity index (χ2n) is 4.69. The molecule has 21 heavy (non-hydrogen) atoms. The number of non-ortho nitro benzene ring substituents is 1. The van der Waals surface area contributed by atoms with Crippen LogP contribution in [-0.4, -0.2) is 10.8 Å². The zero-order chi connectivity index (χ0) is 15.6. The van der Waals surface area contributed by atoms with Gasteiger partial charge in [-0.1, -0.05) is 12.1 Å². The lowest BCUT2D eigenvalue weighted by atomic mass is 10.1. The number of benzene rings is 2. The highest BCUT2D eigenvalue weighted by molar-refractivity contribution is 6.05. The molecule has 0 heterocycles. The van der Waals surface area contributed by atoms with Crippen LogP contribution in [0.2, 0.25) is 0 Å². The Morgan fingerprint density at radius 3 is 2.52 bits per heavy atom. The summed E-state index contributed by atoms with van der Waals surface area (Å²) in [6.45, 7) is 3.42. The van der Waals surface area contributed by atoms with E-state index in [0.717, 1.165) is 0 Å². The molecule has 0 spiro atoms. The van der Waals surface area contributed by atoms with Crippen molar-refractivity contribution < 1.29 is 14.1 Å². The fourth-order valence-corrected chi connectivity index (χ4v) is 1.85. The number of carbonyl (C=O) groups excluding carboxylic acids is 1. The Labute approximate surface area is 120 Å². The van der Waals surface area contributed by atoms with Gasteiger partial charge in [-0.3, -0.25) is 14.9 Å². The van der Waals surface area contributed by atoms with Gasteiger partial charge >= 0.3 is 0 Å². The largest absolute Gasteiger partial charge is 0.321 e. The van der Waals surface area contributed by atoms with E-state index in [1.165, 1.54) is 30.3 Å². The molecule has 0 aromatic heterocycles. The van der Waals surface area contributed by atoms with E-state index in [9.17, 15) is 19.3 Å². The maximum atomic E-state index is 13.7. The van der Waals surface area contributed by atoms with Gasteiger partial charge in [0.25, 0.3) is 11.6 Å². The number of hydrogen-bond donors (Lipinski definition) is 1. The Balaban J connectivity index is 2.31. The number of nitrogens with one attached hydrogen (secondary N) is 1. The monoisotopic (exact) mass is 288 g/mol. The number of nitrogens with zero attached hydrogens (tertiary/aromatic N) is 1. The molecule has 2 aromatic carbocycles. The van der Waals surface area contributed by atoms with E-state index in [1.807, 2.05) is 0 Å². The van der Waals surface area contributed by atoms with Crippen LogP contribution in [-0.2, 0) is 0 Å². The molecule has 0 fully saturated rings. The van der Waals surface area contributed by atoms with Gasteiger partial charge in [0.15, 0.2) is 0 Å². The average Bonchev–Trinajstić information content (AvgIpc) is 2.40. The lowest BCUT2D eigenvalue weighted by molar-refractivity contribution is -0.384. The Bertz CT molecular complexity index is 729. The molecule has 0 aliphatic rings. The zero-order valence-corrected chi connectivity index (χ0v) is 11.5. The molecule has 0 saturated carbocycles. The number of anilines is 1. The Morgan fingerprint density at radius 2 is 1.90 bits per heavy atom. The molecular weight excluding hydrogens is 275 g/mol. The number of aryl methyl sites for hydroxylation is 2. The SMILES string of the molecule is Cc1ccc(C(=O)Nc2cc([N+](=O)[O-])ccc2C)c(F)c1. The van der Waals surface area contributed by atoms with Crippen LogP contribution < -0.4 is 5.32 Å². The van der Waals surface area contributed by atoms with Crippen molar-refractivity contribution in [3.05, 3.63) is 69.0 Å². The highest BCUT2D eigenvalue weighted by Crippen LogP contribution is 2.23. The highest BCUT2D eigenvalue weighted by atomic mass is 19.1. The number of amides is 1. The van der Waals surface area contributed by atoms with Crippen molar-refractivity contribution in [1.29, 1.82) is 0 Å². The smallest absolute Gasteiger partial charge is 0.271 e. The van der Waals surface area contributed by atoms with Crippen molar-refractivity contribution in [2.24, 2.45) is 0 Å². The van der Waals surface area contributed by atoms with Gasteiger partial charge in [-0.2, -0.15) is 0 Å². The second kappa shape index (κ2) is 5.70. The van der Waals surface area contributed by atoms with Gasteiger partial charge in [0.2, 0.25) is 0 Å². The maximum absolute atomic E-state index is 13.7. The van der Waals surface area contributed by atoms with Gasteiger partial charge in [-0.25, -0.2) is 4.39 Å². The number of halogens is 1. The van der Waals surface area contributed by atoms with Crippen molar-refractivity contribution in [2.75, 3.05) is 5.32 Å². The lowest BCUT2D eigenvalue weighted by Gasteiger charge is -2.09. The fourth-order valence-electron chi connectivity index (χ4n) is 1.85. The molecule has 0 saturated heterocycles. The van der Waals surface area contributed by atoms with Crippen LogP contribution in [0.4, 0.5) is 15.8 Å². The first kappa shape index (κ1) is 14.6. The minimum atomic E-state index is -0.643. The lowest BCUT2D eigenvalue weighted by Crippen LogP contribution is -2.14. The van der Waals surface area contributed by atoms with Gasteiger partial charge < -0.3 is 5.32 Å². The van der Waals surface area contributed by atoms with Crippen molar-refractivity contribution in [1.82, 2.24) is 0 Å². The number of hydrogen-bond acceptors (Lipinski definition) is 3. The van der Waals surface area contributed by atoms with E-state index in [2.05, 4.69) is 5.32 Å². The maximum Gasteiger partial charge on any atom is 0.271 e. The standard InChI is InChI=1S/C15H13FN2O3/c1-9-3-6-12(13(16)7-9)15(19)17-14-8-11(18(20)21)5-4-10(14)2/h3-8H,1-2H3,(H,17,19). The first-order valence-electron chi connectivity index (χ1n) is 6.21. The summed E-state index contributed by atoms with van der Waals surface area (Å²) in [4.78, 5) is 22.2. The number of carbonyl (C=O) groups is 1. The quantitative estimate of drug-likeness (QED) is 0.692. The molecule has 1 amide bonds. The molecule has 0 atom stereocenters. The summed E-state index contributed by atoms with van der Waals surface area (Å²) in [7, 11) is 0. The van der Waals surface area contributed by atoms with E-state index in [1.54, 1.807) is 19.9 Å². The Kier molecular flexibility index (Phi) is 3.98. The molecule has 0 aliphatic heterocycles. The number of nitro benzene ring substituents is 1. The molecule has 6 heteroatoms. The zero-order valence-electron chi connectivity index (χ0n) is 11.5. The van der Waals surface area contributed by atoms with Crippen molar-refractivity contribution >= 4 is 17.3 Å². The first-order valence-corrected chi connectivity index (χ1v) is 6.21. The number of nitro groups is 1. The Hall–Kier alpha value is -2.76. The third-order valence-electron chi connectivity index (χ3n) is 3.05. The van der Waals surface area contributed by atoms with Crippen molar-refractivity contribution in [2.45, 2.75) is 13.8 Å². The van der Waals surface area contributed by atoms with E-state index in [-0.39, 0.29) is 16.9 Å². The summed E-state index contributed by atoms with van der Waals surface area (Å²) >= 11 is 0. The molecule has 2 rings (SSSR count). The van der Waals surface area contributed by atoms with Crippen molar-refractivity contribution in [3.8, 4) is 0 Å². The minimum Gasteiger partial charge on any atom is -0.321 e. The van der Waals surface area contributed by atoms with Crippen LogP contribution in [0.25, 0.3) is 0 Å². The van der Waals surface area contributed by atoms with Crippen LogP contribution in [0.15, 0.2) is 36.4 Å². The fraction of sp³-hybridized carbons (Fsp3) is 0.133. The summed E-state index contributed by atoms with van der Waals surface area (Å²) in [6, 6.07) is 8.39. The number of rotatable bonds is 3. The molecule has 0 bridgehead atoms. The van der Waals surface area contributed by atoms with Crippen LogP contribution in [0.5, 0.6) is 0 Å². The summed E-state index contributed by atoms with van der Waals surface area (Å²) in [5.74, 6) is -1.27. The predicted molar refractivity (Wildman–Crippen MR) is 76.9 cm³/mol. The van der Waals surface area contributed by atoms with Crippen LogP contribution >= 0.6 is 0 Å². The topological polar surface area (TPSA) is 72.2 Å². The normalized spacial score (nSPS) is 10.2. The molecule has 1 N–H and O–H groups in total. The highest BCUT2D eigenvalue weighted by Gasteiger charge is 2.15. The van der Waals surface area contributed by atoms with Crippen LogP contribution in [0.1, 0.15) is 21.5 Å². The van der Waals surface area contributed by atoms with E-state index in [4.69, 9.17) is 0 Å². The van der Waals surface area contributed by atoms with Crippen molar-refractivity contribution in [3.63, 3.8) is 0 Å². The van der Waals surface area contributed by atoms with E-state index >= 15 is 0 Å². The molecule has 108 valence electrons. The van der Waals surface area contributed by atoms with E-state index in [0.29, 0.717) is 11.1 Å². The molecular formula is C15H13FN2O3. The molecule has 0 unspecified atom stereocenters. The van der Waals surface area contributed by atoms with Gasteiger partial charge in [0.05, 0.1) is 16.2 Å². The second-order valence-corrected chi connectivity index (χ2v) is 4.69. The molecule has 2 aromatic rings. The average molecular weight is 288 g/mol. The summed E-state index contributed by atoms with van der Waals surface area (Å²) in [5, 5.41) is 13.2. The summed E-state index contributed by atoms with van der Waals surface area (Å²) in [6.07, 6.45) is 0. The van der Waals surface area contributed by atoms with Gasteiger partial charge in [0.1, 0.15) is 5.82 Å². The first-order chi connectivity index (χ1) is 9.88. The summed E-state index contributed by atoms with van der Waals surface area (Å²) in [5.41, 5.74) is 1.40.